The molecule has 0 radical (unpaired) electrons. The van der Waals surface area contributed by atoms with Gasteiger partial charge in [0.15, 0.2) is 17.4 Å². The summed E-state index contributed by atoms with van der Waals surface area (Å²) < 4.78 is 33.3. The van der Waals surface area contributed by atoms with Crippen molar-refractivity contribution >= 4 is 28.3 Å². The quantitative estimate of drug-likeness (QED) is 0.707. The maximum atomic E-state index is 13.8. The summed E-state index contributed by atoms with van der Waals surface area (Å²) >= 11 is 2.18. The van der Waals surface area contributed by atoms with Gasteiger partial charge in [-0.2, -0.15) is 0 Å². The van der Waals surface area contributed by atoms with Crippen molar-refractivity contribution in [2.75, 3.05) is 13.7 Å². The van der Waals surface area contributed by atoms with E-state index in [1.54, 1.807) is 0 Å². The summed E-state index contributed by atoms with van der Waals surface area (Å²) in [6, 6.07) is 2.55. The Morgan fingerprint density at radius 2 is 1.85 bits per heavy atom. The molecule has 0 spiro atoms. The number of allylic oxidation sites excluding steroid dienone is 3. The lowest BCUT2D eigenvalue weighted by molar-refractivity contribution is 0.359. The second-order valence-corrected chi connectivity index (χ2v) is 5.39. The van der Waals surface area contributed by atoms with Crippen molar-refractivity contribution in [3.05, 3.63) is 57.3 Å². The van der Waals surface area contributed by atoms with Crippen LogP contribution in [0.5, 0.6) is 5.75 Å². The summed E-state index contributed by atoms with van der Waals surface area (Å²) in [5.74, 6) is -1.79. The molecular weight excluding hydrogens is 375 g/mol. The summed E-state index contributed by atoms with van der Waals surface area (Å²) in [5, 5.41) is 0. The van der Waals surface area contributed by atoms with E-state index in [1.165, 1.54) is 19.2 Å². The Balaban J connectivity index is 2.53. The van der Waals surface area contributed by atoms with Crippen molar-refractivity contribution in [2.24, 2.45) is 0 Å². The van der Waals surface area contributed by atoms with Gasteiger partial charge in [0.2, 0.25) is 0 Å². The van der Waals surface area contributed by atoms with E-state index in [1.807, 2.05) is 24.0 Å². The van der Waals surface area contributed by atoms with E-state index >= 15 is 0 Å². The second kappa shape index (κ2) is 5.95. The maximum absolute atomic E-state index is 13.8. The zero-order chi connectivity index (χ0) is 14.9. The van der Waals surface area contributed by atoms with E-state index in [9.17, 15) is 8.78 Å². The standard InChI is InChI=1S/C15H14F2INO/c1-4-19-9(2)13(18)5-6-14(19)10-7-11(16)15(20-3)12(17)8-10/h5-8H,2,4H2,1,3H3. The van der Waals surface area contributed by atoms with E-state index in [0.29, 0.717) is 12.1 Å². The molecule has 2 rings (SSSR count). The summed E-state index contributed by atoms with van der Waals surface area (Å²) in [6.07, 6.45) is 3.71. The molecule has 5 heteroatoms. The Kier molecular flexibility index (Phi) is 4.47. The first kappa shape index (κ1) is 15.0. The number of hydrogen-bond acceptors (Lipinski definition) is 2. The normalized spacial score (nSPS) is 15.1. The lowest BCUT2D eigenvalue weighted by Gasteiger charge is -2.30. The van der Waals surface area contributed by atoms with Crippen LogP contribution in [0.3, 0.4) is 0 Å². The summed E-state index contributed by atoms with van der Waals surface area (Å²) in [6.45, 7) is 6.63. The molecule has 0 N–H and O–H groups in total. The predicted octanol–water partition coefficient (Wildman–Crippen LogP) is 4.48. The Morgan fingerprint density at radius 1 is 1.25 bits per heavy atom. The van der Waals surface area contributed by atoms with Gasteiger partial charge in [0.05, 0.1) is 7.11 Å². The summed E-state index contributed by atoms with van der Waals surface area (Å²) in [5.41, 5.74) is 2.00. The van der Waals surface area contributed by atoms with Crippen LogP contribution in [0, 0.1) is 11.6 Å². The minimum absolute atomic E-state index is 0.364. The lowest BCUT2D eigenvalue weighted by atomic mass is 10.1. The topological polar surface area (TPSA) is 12.5 Å². The van der Waals surface area contributed by atoms with Crippen molar-refractivity contribution in [3.63, 3.8) is 0 Å². The van der Waals surface area contributed by atoms with Crippen molar-refractivity contribution in [1.82, 2.24) is 4.90 Å². The molecule has 0 unspecified atom stereocenters. The Hall–Kier alpha value is -1.37. The lowest BCUT2D eigenvalue weighted by Crippen LogP contribution is -2.23. The molecule has 1 aromatic rings. The summed E-state index contributed by atoms with van der Waals surface area (Å²) in [7, 11) is 1.24. The van der Waals surface area contributed by atoms with Crippen LogP contribution in [0.15, 0.2) is 40.1 Å². The van der Waals surface area contributed by atoms with Crippen LogP contribution in [0.25, 0.3) is 5.70 Å². The van der Waals surface area contributed by atoms with Gasteiger partial charge in [-0.15, -0.1) is 0 Å². The largest absolute Gasteiger partial charge is 0.491 e. The highest BCUT2D eigenvalue weighted by atomic mass is 127. The van der Waals surface area contributed by atoms with Gasteiger partial charge in [0.25, 0.3) is 0 Å². The van der Waals surface area contributed by atoms with E-state index in [4.69, 9.17) is 4.74 Å². The third kappa shape index (κ3) is 2.59. The second-order valence-electron chi connectivity index (χ2n) is 4.23. The van der Waals surface area contributed by atoms with E-state index in [0.717, 1.165) is 15.0 Å². The van der Waals surface area contributed by atoms with Gasteiger partial charge in [-0.05, 0) is 53.8 Å². The van der Waals surface area contributed by atoms with E-state index in [-0.39, 0.29) is 5.75 Å². The molecule has 1 aliphatic rings. The van der Waals surface area contributed by atoms with Gasteiger partial charge in [0, 0.05) is 27.1 Å². The highest BCUT2D eigenvalue weighted by Crippen LogP contribution is 2.35. The molecular formula is C15H14F2INO. The first-order chi connectivity index (χ1) is 9.49. The predicted molar refractivity (Wildman–Crippen MR) is 84.5 cm³/mol. The van der Waals surface area contributed by atoms with Gasteiger partial charge < -0.3 is 9.64 Å². The third-order valence-electron chi connectivity index (χ3n) is 3.09. The average Bonchev–Trinajstić information content (AvgIpc) is 2.41. The molecule has 0 fully saturated rings. The van der Waals surface area contributed by atoms with Crippen molar-refractivity contribution in [1.29, 1.82) is 0 Å². The fourth-order valence-electron chi connectivity index (χ4n) is 2.13. The van der Waals surface area contributed by atoms with Gasteiger partial charge in [-0.1, -0.05) is 6.58 Å². The zero-order valence-electron chi connectivity index (χ0n) is 11.2. The molecule has 1 heterocycles. The van der Waals surface area contributed by atoms with E-state index in [2.05, 4.69) is 29.2 Å². The first-order valence-corrected chi connectivity index (χ1v) is 7.15. The molecule has 1 aliphatic heterocycles. The number of likely N-dealkylation sites (N-methyl/N-ethyl adjacent to an activating group) is 1. The number of hydrogen-bond donors (Lipinski definition) is 0. The number of benzene rings is 1. The van der Waals surface area contributed by atoms with Crippen LogP contribution in [0.2, 0.25) is 0 Å². The smallest absolute Gasteiger partial charge is 0.190 e. The monoisotopic (exact) mass is 389 g/mol. The fraction of sp³-hybridized carbons (Fsp3) is 0.200. The van der Waals surface area contributed by atoms with Crippen molar-refractivity contribution < 1.29 is 13.5 Å². The molecule has 106 valence electrons. The first-order valence-electron chi connectivity index (χ1n) is 6.07. The molecule has 0 amide bonds. The molecule has 0 aliphatic carbocycles. The molecule has 0 saturated heterocycles. The van der Waals surface area contributed by atoms with Gasteiger partial charge in [-0.25, -0.2) is 8.78 Å². The number of methoxy groups -OCH3 is 1. The molecule has 20 heavy (non-hydrogen) atoms. The van der Waals surface area contributed by atoms with Crippen LogP contribution in [-0.2, 0) is 0 Å². The zero-order valence-corrected chi connectivity index (χ0v) is 13.4. The van der Waals surface area contributed by atoms with Crippen LogP contribution in [-0.4, -0.2) is 18.6 Å². The van der Waals surface area contributed by atoms with Gasteiger partial charge in [-0.3, -0.25) is 0 Å². The minimum Gasteiger partial charge on any atom is -0.491 e. The Morgan fingerprint density at radius 3 is 2.35 bits per heavy atom. The number of nitrogens with zero attached hydrogens (tertiary/aromatic N) is 1. The molecule has 2 nitrogen and oxygen atoms in total. The Labute approximate surface area is 130 Å². The molecule has 0 aromatic heterocycles. The third-order valence-corrected chi connectivity index (χ3v) is 4.08. The van der Waals surface area contributed by atoms with Crippen LogP contribution < -0.4 is 4.74 Å². The van der Waals surface area contributed by atoms with Crippen LogP contribution >= 0.6 is 22.6 Å². The minimum atomic E-state index is -0.714. The maximum Gasteiger partial charge on any atom is 0.190 e. The van der Waals surface area contributed by atoms with Gasteiger partial charge >= 0.3 is 0 Å². The van der Waals surface area contributed by atoms with E-state index < -0.39 is 11.6 Å². The Bertz CT molecular complexity index is 599. The average molecular weight is 389 g/mol. The van der Waals surface area contributed by atoms with Crippen molar-refractivity contribution in [3.8, 4) is 5.75 Å². The molecule has 0 saturated carbocycles. The molecule has 0 bridgehead atoms. The SMILES string of the molecule is C=C1C(I)=CC=C(c2cc(F)c(OC)c(F)c2)N1CC. The highest BCUT2D eigenvalue weighted by Gasteiger charge is 2.21. The fourth-order valence-corrected chi connectivity index (χ4v) is 2.60. The van der Waals surface area contributed by atoms with Crippen LogP contribution in [0.4, 0.5) is 8.78 Å². The highest BCUT2D eigenvalue weighted by molar-refractivity contribution is 14.1. The molecule has 0 atom stereocenters. The van der Waals surface area contributed by atoms with Crippen molar-refractivity contribution in [2.45, 2.75) is 6.92 Å². The van der Waals surface area contributed by atoms with Crippen LogP contribution in [0.1, 0.15) is 12.5 Å². The number of rotatable bonds is 3. The number of halogens is 3. The van der Waals surface area contributed by atoms with Gasteiger partial charge in [0.1, 0.15) is 0 Å². The molecule has 1 aromatic carbocycles. The number of ether oxygens (including phenoxy) is 1. The summed E-state index contributed by atoms with van der Waals surface area (Å²) in [4.78, 5) is 1.92.